The molecule has 2 aromatic heterocycles. The molecule has 0 bridgehead atoms. The van der Waals surface area contributed by atoms with Gasteiger partial charge < -0.3 is 20.0 Å². The number of nitrogens with one attached hydrogen (secondary N) is 2. The fourth-order valence-corrected chi connectivity index (χ4v) is 1.90. The van der Waals surface area contributed by atoms with Gasteiger partial charge in [-0.1, -0.05) is 0 Å². The molecule has 0 aliphatic rings. The van der Waals surface area contributed by atoms with Crippen LogP contribution in [-0.2, 0) is 11.3 Å². The van der Waals surface area contributed by atoms with Crippen molar-refractivity contribution >= 4 is 17.6 Å². The van der Waals surface area contributed by atoms with E-state index in [1.165, 1.54) is 12.5 Å². The molecule has 2 amide bonds. The van der Waals surface area contributed by atoms with Gasteiger partial charge >= 0.3 is 0 Å². The monoisotopic (exact) mass is 316 g/mol. The third-order valence-corrected chi connectivity index (χ3v) is 3.26. The van der Waals surface area contributed by atoms with E-state index >= 15 is 0 Å². The Morgan fingerprint density at radius 2 is 2.13 bits per heavy atom. The zero-order valence-electron chi connectivity index (χ0n) is 13.4. The van der Waals surface area contributed by atoms with Crippen molar-refractivity contribution in [3.63, 3.8) is 0 Å². The molecule has 7 nitrogen and oxygen atoms in total. The Labute approximate surface area is 134 Å². The summed E-state index contributed by atoms with van der Waals surface area (Å²) in [4.78, 5) is 30.0. The average molecular weight is 316 g/mol. The first-order valence-electron chi connectivity index (χ1n) is 7.20. The summed E-state index contributed by atoms with van der Waals surface area (Å²) in [6.45, 7) is 2.00. The maximum absolute atomic E-state index is 12.1. The van der Waals surface area contributed by atoms with Gasteiger partial charge in [-0.3, -0.25) is 9.59 Å². The van der Waals surface area contributed by atoms with Gasteiger partial charge in [-0.05, 0) is 30.7 Å². The van der Waals surface area contributed by atoms with Gasteiger partial charge in [-0.25, -0.2) is 4.98 Å². The minimum atomic E-state index is -0.646. The van der Waals surface area contributed by atoms with E-state index in [0.717, 1.165) is 11.4 Å². The second kappa shape index (κ2) is 7.44. The Balaban J connectivity index is 1.86. The van der Waals surface area contributed by atoms with Crippen LogP contribution in [0.4, 0.5) is 5.82 Å². The molecule has 0 aromatic carbocycles. The van der Waals surface area contributed by atoms with Crippen LogP contribution in [0.5, 0.6) is 0 Å². The van der Waals surface area contributed by atoms with Crippen LogP contribution >= 0.6 is 0 Å². The zero-order chi connectivity index (χ0) is 16.8. The van der Waals surface area contributed by atoms with Crippen LogP contribution in [0.2, 0.25) is 0 Å². The van der Waals surface area contributed by atoms with Crippen LogP contribution in [-0.4, -0.2) is 36.9 Å². The SMILES string of the molecule is C[C@@H](NC(=O)c1ccoc1)C(=O)NCc1ccnc(N(C)C)c1. The van der Waals surface area contributed by atoms with Gasteiger partial charge in [0.15, 0.2) is 0 Å². The predicted octanol–water partition coefficient (Wildman–Crippen LogP) is 1.18. The number of hydrogen-bond acceptors (Lipinski definition) is 5. The lowest BCUT2D eigenvalue weighted by atomic mass is 10.2. The summed E-state index contributed by atoms with van der Waals surface area (Å²) in [5, 5.41) is 5.41. The van der Waals surface area contributed by atoms with Gasteiger partial charge in [0.2, 0.25) is 5.91 Å². The van der Waals surface area contributed by atoms with Crippen molar-refractivity contribution in [3.05, 3.63) is 48.0 Å². The third-order valence-electron chi connectivity index (χ3n) is 3.26. The van der Waals surface area contributed by atoms with E-state index in [-0.39, 0.29) is 11.8 Å². The molecule has 0 unspecified atom stereocenters. The first-order valence-corrected chi connectivity index (χ1v) is 7.20. The number of hydrogen-bond donors (Lipinski definition) is 2. The molecule has 122 valence electrons. The molecule has 0 aliphatic heterocycles. The summed E-state index contributed by atoms with van der Waals surface area (Å²) >= 11 is 0. The van der Waals surface area contributed by atoms with Crippen molar-refractivity contribution in [1.82, 2.24) is 15.6 Å². The zero-order valence-corrected chi connectivity index (χ0v) is 13.4. The lowest BCUT2D eigenvalue weighted by molar-refractivity contribution is -0.122. The van der Waals surface area contributed by atoms with Gasteiger partial charge in [-0.2, -0.15) is 0 Å². The molecule has 2 heterocycles. The highest BCUT2D eigenvalue weighted by molar-refractivity contribution is 5.97. The second-order valence-corrected chi connectivity index (χ2v) is 5.34. The van der Waals surface area contributed by atoms with E-state index in [9.17, 15) is 9.59 Å². The maximum atomic E-state index is 12.1. The fourth-order valence-electron chi connectivity index (χ4n) is 1.90. The lowest BCUT2D eigenvalue weighted by Crippen LogP contribution is -2.44. The molecule has 2 aromatic rings. The molecule has 0 radical (unpaired) electrons. The summed E-state index contributed by atoms with van der Waals surface area (Å²) in [7, 11) is 3.80. The van der Waals surface area contributed by atoms with E-state index in [4.69, 9.17) is 4.42 Å². The molecule has 2 rings (SSSR count). The van der Waals surface area contributed by atoms with Crippen LogP contribution in [0.3, 0.4) is 0 Å². The number of carbonyl (C=O) groups is 2. The summed E-state index contributed by atoms with van der Waals surface area (Å²) < 4.78 is 4.84. The number of pyridine rings is 1. The molecule has 2 N–H and O–H groups in total. The number of nitrogens with zero attached hydrogens (tertiary/aromatic N) is 2. The standard InChI is InChI=1S/C16H20N4O3/c1-11(19-16(22)13-5-7-23-10-13)15(21)18-9-12-4-6-17-14(8-12)20(2)3/h4-8,10-11H,9H2,1-3H3,(H,18,21)(H,19,22)/t11-/m1/s1. The third kappa shape index (κ3) is 4.57. The van der Waals surface area contributed by atoms with E-state index in [2.05, 4.69) is 15.6 Å². The molecule has 1 atom stereocenters. The van der Waals surface area contributed by atoms with Crippen LogP contribution in [0.1, 0.15) is 22.8 Å². The highest BCUT2D eigenvalue weighted by atomic mass is 16.3. The second-order valence-electron chi connectivity index (χ2n) is 5.34. The summed E-state index contributed by atoms with van der Waals surface area (Å²) in [6.07, 6.45) is 4.44. The molecule has 0 aliphatic carbocycles. The van der Waals surface area contributed by atoms with E-state index in [1.54, 1.807) is 19.2 Å². The van der Waals surface area contributed by atoms with Crippen LogP contribution in [0.25, 0.3) is 0 Å². The maximum Gasteiger partial charge on any atom is 0.255 e. The van der Waals surface area contributed by atoms with Gasteiger partial charge in [0, 0.05) is 26.8 Å². The number of furan rings is 1. The van der Waals surface area contributed by atoms with E-state index in [0.29, 0.717) is 12.1 Å². The molecule has 23 heavy (non-hydrogen) atoms. The summed E-state index contributed by atoms with van der Waals surface area (Å²) in [5.74, 6) is 0.211. The minimum Gasteiger partial charge on any atom is -0.472 e. The van der Waals surface area contributed by atoms with Crippen LogP contribution in [0, 0.1) is 0 Å². The molecule has 0 saturated carbocycles. The first kappa shape index (κ1) is 16.5. The van der Waals surface area contributed by atoms with Gasteiger partial charge in [0.25, 0.3) is 5.91 Å². The number of amides is 2. The van der Waals surface area contributed by atoms with Crippen molar-refractivity contribution in [3.8, 4) is 0 Å². The Hall–Kier alpha value is -2.83. The number of rotatable bonds is 6. The van der Waals surface area contributed by atoms with Crippen molar-refractivity contribution in [2.24, 2.45) is 0 Å². The summed E-state index contributed by atoms with van der Waals surface area (Å²) in [6, 6.07) is 4.63. The normalized spacial score (nSPS) is 11.6. The highest BCUT2D eigenvalue weighted by Crippen LogP contribution is 2.09. The number of aromatic nitrogens is 1. The Kier molecular flexibility index (Phi) is 5.35. The Bertz CT molecular complexity index is 668. The molecule has 7 heteroatoms. The molecule has 0 spiro atoms. The molecular weight excluding hydrogens is 296 g/mol. The van der Waals surface area contributed by atoms with Crippen LogP contribution in [0.15, 0.2) is 41.3 Å². The smallest absolute Gasteiger partial charge is 0.255 e. The number of anilines is 1. The van der Waals surface area contributed by atoms with Gasteiger partial charge in [0.05, 0.1) is 11.8 Å². The van der Waals surface area contributed by atoms with Gasteiger partial charge in [0.1, 0.15) is 18.1 Å². The average Bonchev–Trinajstić information content (AvgIpc) is 3.07. The van der Waals surface area contributed by atoms with Crippen molar-refractivity contribution in [2.45, 2.75) is 19.5 Å². The molecule has 0 fully saturated rings. The topological polar surface area (TPSA) is 87.5 Å². The molecule has 0 saturated heterocycles. The number of carbonyl (C=O) groups excluding carboxylic acids is 2. The summed E-state index contributed by atoms with van der Waals surface area (Å²) in [5.41, 5.74) is 1.32. The Morgan fingerprint density at radius 3 is 2.78 bits per heavy atom. The Morgan fingerprint density at radius 1 is 1.35 bits per heavy atom. The van der Waals surface area contributed by atoms with Crippen molar-refractivity contribution in [2.75, 3.05) is 19.0 Å². The highest BCUT2D eigenvalue weighted by Gasteiger charge is 2.17. The van der Waals surface area contributed by atoms with Crippen molar-refractivity contribution < 1.29 is 14.0 Å². The largest absolute Gasteiger partial charge is 0.472 e. The van der Waals surface area contributed by atoms with Crippen LogP contribution < -0.4 is 15.5 Å². The first-order chi connectivity index (χ1) is 11.0. The minimum absolute atomic E-state index is 0.259. The molecular formula is C16H20N4O3. The predicted molar refractivity (Wildman–Crippen MR) is 86.0 cm³/mol. The van der Waals surface area contributed by atoms with Crippen molar-refractivity contribution in [1.29, 1.82) is 0 Å². The van der Waals surface area contributed by atoms with Gasteiger partial charge in [-0.15, -0.1) is 0 Å². The lowest BCUT2D eigenvalue weighted by Gasteiger charge is -2.15. The quantitative estimate of drug-likeness (QED) is 0.835. The van der Waals surface area contributed by atoms with E-state index < -0.39 is 6.04 Å². The fraction of sp³-hybridized carbons (Fsp3) is 0.312. The van der Waals surface area contributed by atoms with E-state index in [1.807, 2.05) is 31.1 Å².